The Kier molecular flexibility index (Phi) is 16.5. The van der Waals surface area contributed by atoms with E-state index in [-0.39, 0.29) is 75.4 Å². The van der Waals surface area contributed by atoms with Crippen LogP contribution in [0.25, 0.3) is 0 Å². The summed E-state index contributed by atoms with van der Waals surface area (Å²) in [6.45, 7) is 0. The van der Waals surface area contributed by atoms with Gasteiger partial charge in [-0.15, -0.1) is 0 Å². The molecule has 101 valence electrons. The molecule has 0 amide bonds. The molecule has 0 unspecified atom stereocenters. The summed E-state index contributed by atoms with van der Waals surface area (Å²) in [7, 11) is -2.62. The SMILES string of the molecule is O=C(O)c1cccnc1C(=O)O.OP(O)O.[Cu].[H-].[K+]. The third-order valence-electron chi connectivity index (χ3n) is 1.24. The maximum Gasteiger partial charge on any atom is 1.00 e. The first-order valence-electron chi connectivity index (χ1n) is 3.64. The van der Waals surface area contributed by atoms with Crippen LogP contribution in [0.1, 0.15) is 22.3 Å². The van der Waals surface area contributed by atoms with E-state index in [4.69, 9.17) is 24.9 Å². The Morgan fingerprint density at radius 1 is 1.17 bits per heavy atom. The van der Waals surface area contributed by atoms with Crippen molar-refractivity contribution in [2.75, 3.05) is 0 Å². The first-order chi connectivity index (χ1) is 7.36. The van der Waals surface area contributed by atoms with Crippen LogP contribution in [0.15, 0.2) is 18.3 Å². The molecule has 5 N–H and O–H groups in total. The summed E-state index contributed by atoms with van der Waals surface area (Å²) in [4.78, 5) is 45.9. The van der Waals surface area contributed by atoms with E-state index >= 15 is 0 Å². The third kappa shape index (κ3) is 10.5. The van der Waals surface area contributed by atoms with E-state index in [1.165, 1.54) is 18.3 Å². The van der Waals surface area contributed by atoms with Crippen molar-refractivity contribution in [3.63, 3.8) is 0 Å². The van der Waals surface area contributed by atoms with Gasteiger partial charge in [-0.3, -0.25) is 0 Å². The van der Waals surface area contributed by atoms with Crippen molar-refractivity contribution in [3.8, 4) is 0 Å². The number of aromatic nitrogens is 1. The zero-order chi connectivity index (χ0) is 12.7. The molecule has 0 aromatic carbocycles. The standard InChI is InChI=1S/C7H5NO4.Cu.K.H3O3P.H/c9-6(10)4-2-1-3-8-5(4)7(11)12;;;1-4(2)3;/h1-3H,(H,9,10)(H,11,12);;;1-3H;/q;;+1;;-1. The van der Waals surface area contributed by atoms with Crippen LogP contribution in [0, 0.1) is 0 Å². The van der Waals surface area contributed by atoms with Crippen LogP contribution in [-0.2, 0) is 17.1 Å². The molecule has 1 aromatic heterocycles. The average molecular weight is 353 g/mol. The first kappa shape index (κ1) is 23.6. The summed E-state index contributed by atoms with van der Waals surface area (Å²) >= 11 is 0. The number of rotatable bonds is 2. The molecule has 0 saturated heterocycles. The van der Waals surface area contributed by atoms with Gasteiger partial charge in [0.1, 0.15) is 0 Å². The maximum atomic E-state index is 10.4. The molecule has 8 nitrogen and oxygen atoms in total. The van der Waals surface area contributed by atoms with Crippen molar-refractivity contribution in [3.05, 3.63) is 29.6 Å². The Labute approximate surface area is 157 Å². The zero-order valence-corrected chi connectivity index (χ0v) is 13.9. The van der Waals surface area contributed by atoms with Crippen LogP contribution in [0.2, 0.25) is 0 Å². The molecule has 0 bridgehead atoms. The number of carbonyl (C=O) groups is 2. The van der Waals surface area contributed by atoms with Crippen molar-refractivity contribution >= 4 is 20.5 Å². The number of aromatic carboxylic acids is 2. The Balaban J connectivity index is -0.000000144. The van der Waals surface area contributed by atoms with Gasteiger partial charge in [0.05, 0.1) is 5.56 Å². The monoisotopic (exact) mass is 352 g/mol. The van der Waals surface area contributed by atoms with Gasteiger partial charge in [0.25, 0.3) is 0 Å². The first-order valence-corrected chi connectivity index (χ1v) is 4.84. The molecule has 0 saturated carbocycles. The fourth-order valence-corrected chi connectivity index (χ4v) is 0.748. The smallest absolute Gasteiger partial charge is 1.00 e. The molecule has 1 heterocycles. The maximum absolute atomic E-state index is 10.4. The van der Waals surface area contributed by atoms with Crippen LogP contribution in [0.5, 0.6) is 0 Å². The van der Waals surface area contributed by atoms with Crippen LogP contribution < -0.4 is 51.4 Å². The molecule has 0 aliphatic heterocycles. The van der Waals surface area contributed by atoms with Crippen LogP contribution in [0.4, 0.5) is 0 Å². The van der Waals surface area contributed by atoms with Crippen molar-refractivity contribution < 1.29 is 104 Å². The number of hydrogen-bond donors (Lipinski definition) is 5. The molecule has 1 radical (unpaired) electrons. The Morgan fingerprint density at radius 3 is 1.89 bits per heavy atom. The number of hydrogen-bond acceptors (Lipinski definition) is 6. The number of nitrogens with zero attached hydrogens (tertiary/aromatic N) is 1. The molecule has 11 heteroatoms. The summed E-state index contributed by atoms with van der Waals surface area (Å²) in [5.41, 5.74) is -0.741. The summed E-state index contributed by atoms with van der Waals surface area (Å²) < 4.78 is 0. The minimum Gasteiger partial charge on any atom is -1.00 e. The van der Waals surface area contributed by atoms with Gasteiger partial charge in [0, 0.05) is 23.3 Å². The van der Waals surface area contributed by atoms with Gasteiger partial charge in [-0.25, -0.2) is 14.6 Å². The molecule has 0 fully saturated rings. The topological polar surface area (TPSA) is 148 Å². The molecule has 0 atom stereocenters. The van der Waals surface area contributed by atoms with E-state index in [1.807, 2.05) is 0 Å². The predicted molar refractivity (Wildman–Crippen MR) is 52.8 cm³/mol. The Hall–Kier alpha value is 0.556. The van der Waals surface area contributed by atoms with Gasteiger partial charge >= 0.3 is 71.9 Å². The van der Waals surface area contributed by atoms with Crippen LogP contribution in [0.3, 0.4) is 0 Å². The molecule has 18 heavy (non-hydrogen) atoms. The summed E-state index contributed by atoms with van der Waals surface area (Å²) in [6, 6.07) is 2.56. The molecular weight excluding hydrogens is 344 g/mol. The van der Waals surface area contributed by atoms with Gasteiger partial charge < -0.3 is 26.3 Å². The summed E-state index contributed by atoms with van der Waals surface area (Å²) in [5.74, 6) is -2.63. The summed E-state index contributed by atoms with van der Waals surface area (Å²) in [6.07, 6.45) is 1.23. The second kappa shape index (κ2) is 12.6. The van der Waals surface area contributed by atoms with E-state index < -0.39 is 26.2 Å². The minimum absolute atomic E-state index is 0. The van der Waals surface area contributed by atoms with E-state index in [0.717, 1.165) is 0 Å². The number of carboxylic acid groups (broad SMARTS) is 2. The normalized spacial score (nSPS) is 8.22. The third-order valence-corrected chi connectivity index (χ3v) is 1.24. The molecule has 0 spiro atoms. The quantitative estimate of drug-likeness (QED) is 0.276. The molecule has 1 rings (SSSR count). The van der Waals surface area contributed by atoms with Gasteiger partial charge in [-0.2, -0.15) is 0 Å². The van der Waals surface area contributed by atoms with Gasteiger partial charge in [0.2, 0.25) is 0 Å². The van der Waals surface area contributed by atoms with E-state index in [0.29, 0.717) is 0 Å². The molecule has 0 aliphatic rings. The molecular formula is C7H9CuKNO7P. The Bertz CT molecular complexity index is 362. The number of carboxylic acids is 2. The van der Waals surface area contributed by atoms with Crippen molar-refractivity contribution in [1.82, 2.24) is 4.98 Å². The minimum atomic E-state index is -2.62. The second-order valence-corrected chi connectivity index (χ2v) is 2.81. The molecule has 1 aromatic rings. The van der Waals surface area contributed by atoms with Crippen LogP contribution in [-0.4, -0.2) is 41.8 Å². The van der Waals surface area contributed by atoms with Crippen molar-refractivity contribution in [1.29, 1.82) is 0 Å². The van der Waals surface area contributed by atoms with E-state index in [9.17, 15) is 9.59 Å². The van der Waals surface area contributed by atoms with E-state index in [1.54, 1.807) is 0 Å². The predicted octanol–water partition coefficient (Wildman–Crippen LogP) is -3.22. The fraction of sp³-hybridized carbons (Fsp3) is 0. The Morgan fingerprint density at radius 2 is 1.61 bits per heavy atom. The second-order valence-electron chi connectivity index (χ2n) is 2.28. The van der Waals surface area contributed by atoms with Gasteiger partial charge in [-0.1, -0.05) is 0 Å². The summed E-state index contributed by atoms with van der Waals surface area (Å²) in [5, 5.41) is 17.0. The van der Waals surface area contributed by atoms with Crippen molar-refractivity contribution in [2.24, 2.45) is 0 Å². The fourth-order valence-electron chi connectivity index (χ4n) is 0.748. The largest absolute Gasteiger partial charge is 1.00 e. The number of pyridine rings is 1. The van der Waals surface area contributed by atoms with Gasteiger partial charge in [0.15, 0.2) is 5.69 Å². The van der Waals surface area contributed by atoms with Gasteiger partial charge in [-0.05, 0) is 12.1 Å². The molecule has 0 aliphatic carbocycles. The van der Waals surface area contributed by atoms with Crippen molar-refractivity contribution in [2.45, 2.75) is 0 Å². The average Bonchev–Trinajstić information content (AvgIpc) is 2.16. The van der Waals surface area contributed by atoms with Crippen LogP contribution >= 0.6 is 8.60 Å². The zero-order valence-electron chi connectivity index (χ0n) is 9.98. The van der Waals surface area contributed by atoms with E-state index in [2.05, 4.69) is 4.98 Å².